The van der Waals surface area contributed by atoms with Crippen LogP contribution in [0.2, 0.25) is 0 Å². The molecular weight excluding hydrogens is 482 g/mol. The molecule has 0 aliphatic heterocycles. The topological polar surface area (TPSA) is 98.2 Å². The van der Waals surface area contributed by atoms with Crippen molar-refractivity contribution in [3.05, 3.63) is 82.1 Å². The average Bonchev–Trinajstić information content (AvgIpc) is 3.66. The average molecular weight is 512 g/mol. The van der Waals surface area contributed by atoms with E-state index in [0.29, 0.717) is 0 Å². The molecule has 3 aromatic rings. The number of nitrogens with zero attached hydrogens (tertiary/aromatic N) is 8. The van der Waals surface area contributed by atoms with Gasteiger partial charge in [-0.2, -0.15) is 10.2 Å². The number of allylic oxidation sites excluding steroid dienone is 4. The minimum absolute atomic E-state index is 0.116. The zero-order valence-electron chi connectivity index (χ0n) is 21.3. The van der Waals surface area contributed by atoms with Gasteiger partial charge in [0.1, 0.15) is 25.3 Å². The second-order valence-corrected chi connectivity index (χ2v) is 10.2. The number of rotatable bonds is 4. The number of hydrogen-bond acceptors (Lipinski definition) is 8. The number of aromatic nitrogens is 6. The molecule has 0 amide bonds. The zero-order chi connectivity index (χ0) is 25.5. The Morgan fingerprint density at radius 1 is 0.946 bits per heavy atom. The zero-order valence-corrected chi connectivity index (χ0v) is 22.1. The molecule has 2 heterocycles. The van der Waals surface area contributed by atoms with Crippen molar-refractivity contribution in [3.8, 4) is 0 Å². The molecule has 1 aromatic carbocycles. The Balaban J connectivity index is 1.52. The maximum atomic E-state index is 6.25. The monoisotopic (exact) mass is 511 g/mol. The first-order valence-electron chi connectivity index (χ1n) is 12.7. The van der Waals surface area contributed by atoms with Crippen molar-refractivity contribution in [3.63, 3.8) is 0 Å². The van der Waals surface area contributed by atoms with Crippen molar-refractivity contribution in [1.29, 1.82) is 0 Å². The first-order valence-corrected chi connectivity index (χ1v) is 13.1. The number of thiocarbonyl (C=S) groups is 1. The standard InChI is InChI=1S/C27H29N9S/c1-16-10-21-25(18-6-4-7-19(11-18)33-35-12-29-30-13-35)24(17(2)28-3)27(37)26(21)20-8-5-9-22(23(16)20)34-36-14-31-32-15-36/h10-15,25,28H,4-9H2,1-3H3/b24-17-,33-19+,34-22+. The van der Waals surface area contributed by atoms with Crippen LogP contribution in [0.5, 0.6) is 0 Å². The third-order valence-electron chi connectivity index (χ3n) is 7.55. The lowest BCUT2D eigenvalue weighted by atomic mass is 9.79. The van der Waals surface area contributed by atoms with Crippen LogP contribution in [0, 0.1) is 6.92 Å². The summed E-state index contributed by atoms with van der Waals surface area (Å²) in [6.07, 6.45) is 14.8. The summed E-state index contributed by atoms with van der Waals surface area (Å²) in [4.78, 5) is 0.956. The van der Waals surface area contributed by atoms with Gasteiger partial charge in [0.25, 0.3) is 0 Å². The van der Waals surface area contributed by atoms with Gasteiger partial charge >= 0.3 is 0 Å². The quantitative estimate of drug-likeness (QED) is 0.419. The summed E-state index contributed by atoms with van der Waals surface area (Å²) in [5, 5.41) is 28.6. The van der Waals surface area contributed by atoms with Crippen molar-refractivity contribution >= 4 is 28.5 Å². The molecule has 0 bridgehead atoms. The van der Waals surface area contributed by atoms with E-state index in [9.17, 15) is 0 Å². The highest BCUT2D eigenvalue weighted by molar-refractivity contribution is 7.81. The number of fused-ring (bicyclic) bond motifs is 3. The van der Waals surface area contributed by atoms with Crippen molar-refractivity contribution in [1.82, 2.24) is 35.1 Å². The van der Waals surface area contributed by atoms with Crippen molar-refractivity contribution in [2.45, 2.75) is 58.3 Å². The van der Waals surface area contributed by atoms with Gasteiger partial charge < -0.3 is 5.32 Å². The number of benzene rings is 1. The summed E-state index contributed by atoms with van der Waals surface area (Å²) in [5.74, 6) is 0.116. The predicted octanol–water partition coefficient (Wildman–Crippen LogP) is 4.09. The highest BCUT2D eigenvalue weighted by Crippen LogP contribution is 2.49. The third kappa shape index (κ3) is 4.15. The molecule has 0 spiro atoms. The molecule has 3 aliphatic rings. The van der Waals surface area contributed by atoms with E-state index in [2.05, 4.69) is 51.7 Å². The van der Waals surface area contributed by atoms with E-state index in [1.807, 2.05) is 7.05 Å². The normalized spacial score (nSPS) is 22.7. The van der Waals surface area contributed by atoms with E-state index < -0.39 is 0 Å². The Kier molecular flexibility index (Phi) is 6.11. The van der Waals surface area contributed by atoms with E-state index in [-0.39, 0.29) is 5.92 Å². The summed E-state index contributed by atoms with van der Waals surface area (Å²) < 4.78 is 3.37. The van der Waals surface area contributed by atoms with E-state index in [0.717, 1.165) is 60.5 Å². The lowest BCUT2D eigenvalue weighted by molar-refractivity contribution is 0.755. The van der Waals surface area contributed by atoms with Crippen LogP contribution in [0.4, 0.5) is 0 Å². The smallest absolute Gasteiger partial charge is 0.141 e. The predicted molar refractivity (Wildman–Crippen MR) is 147 cm³/mol. The molecule has 10 heteroatoms. The van der Waals surface area contributed by atoms with E-state index >= 15 is 0 Å². The van der Waals surface area contributed by atoms with Crippen LogP contribution >= 0.6 is 12.2 Å². The van der Waals surface area contributed by atoms with Gasteiger partial charge in [0.15, 0.2) is 0 Å². The van der Waals surface area contributed by atoms with Gasteiger partial charge in [0, 0.05) is 35.4 Å². The molecule has 1 atom stereocenters. The van der Waals surface area contributed by atoms with Crippen LogP contribution in [0.15, 0.2) is 64.5 Å². The van der Waals surface area contributed by atoms with Crippen LogP contribution < -0.4 is 5.32 Å². The maximum absolute atomic E-state index is 6.25. The molecular formula is C27H29N9S. The fourth-order valence-corrected chi connectivity index (χ4v) is 6.48. The fraction of sp³-hybridized carbons (Fsp3) is 0.370. The molecule has 6 rings (SSSR count). The van der Waals surface area contributed by atoms with Crippen molar-refractivity contribution < 1.29 is 0 Å². The fourth-order valence-electron chi connectivity index (χ4n) is 5.97. The molecule has 188 valence electrons. The first kappa shape index (κ1) is 23.6. The van der Waals surface area contributed by atoms with Crippen molar-refractivity contribution in [2.75, 3.05) is 7.05 Å². The van der Waals surface area contributed by atoms with E-state index in [4.69, 9.17) is 22.4 Å². The first-order chi connectivity index (χ1) is 18.0. The largest absolute Gasteiger partial charge is 0.391 e. The minimum atomic E-state index is 0.116. The second kappa shape index (κ2) is 9.59. The molecule has 37 heavy (non-hydrogen) atoms. The maximum Gasteiger partial charge on any atom is 0.141 e. The van der Waals surface area contributed by atoms with Gasteiger partial charge in [0.2, 0.25) is 0 Å². The number of aryl methyl sites for hydroxylation is 1. The van der Waals surface area contributed by atoms with E-state index in [1.54, 1.807) is 34.7 Å². The Morgan fingerprint density at radius 2 is 1.62 bits per heavy atom. The summed E-state index contributed by atoms with van der Waals surface area (Å²) in [6.45, 7) is 4.33. The third-order valence-corrected chi connectivity index (χ3v) is 7.98. The van der Waals surface area contributed by atoms with Gasteiger partial charge in [-0.25, -0.2) is 9.35 Å². The summed E-state index contributed by atoms with van der Waals surface area (Å²) in [7, 11) is 1.98. The van der Waals surface area contributed by atoms with Crippen LogP contribution in [-0.2, 0) is 6.42 Å². The van der Waals surface area contributed by atoms with Crippen LogP contribution in [0.25, 0.3) is 0 Å². The summed E-state index contributed by atoms with van der Waals surface area (Å²) in [6, 6.07) is 2.35. The molecule has 0 saturated heterocycles. The second-order valence-electron chi connectivity index (χ2n) is 9.81. The van der Waals surface area contributed by atoms with Gasteiger partial charge in [-0.3, -0.25) is 0 Å². The molecule has 9 nitrogen and oxygen atoms in total. The Hall–Kier alpha value is -3.79. The highest BCUT2D eigenvalue weighted by atomic mass is 32.1. The van der Waals surface area contributed by atoms with Gasteiger partial charge in [0.05, 0.1) is 16.3 Å². The van der Waals surface area contributed by atoms with Gasteiger partial charge in [-0.1, -0.05) is 23.9 Å². The van der Waals surface area contributed by atoms with E-state index in [1.165, 1.54) is 39.0 Å². The molecule has 1 N–H and O–H groups in total. The van der Waals surface area contributed by atoms with Gasteiger partial charge in [-0.15, -0.1) is 20.4 Å². The minimum Gasteiger partial charge on any atom is -0.391 e. The molecule has 0 fully saturated rings. The molecule has 3 aliphatic carbocycles. The number of nitrogens with one attached hydrogen (secondary N) is 1. The SMILES string of the molecule is CN/C(C)=C1\C(=S)c2c(cc(C)c3c2CCC/C3=N\n2cnnc2)C1C1=C/C(=N/n2cnnc2)CCC1. The van der Waals surface area contributed by atoms with Crippen LogP contribution in [0.1, 0.15) is 72.8 Å². The lowest BCUT2D eigenvalue weighted by Gasteiger charge is -2.26. The Morgan fingerprint density at radius 3 is 2.32 bits per heavy atom. The molecule has 1 unspecified atom stereocenters. The van der Waals surface area contributed by atoms with Crippen LogP contribution in [0.3, 0.4) is 0 Å². The number of hydrogen-bond donors (Lipinski definition) is 1. The summed E-state index contributed by atoms with van der Waals surface area (Å²) >= 11 is 6.25. The van der Waals surface area contributed by atoms with Crippen LogP contribution in [-0.4, -0.2) is 53.1 Å². The molecule has 0 saturated carbocycles. The molecule has 2 aromatic heterocycles. The lowest BCUT2D eigenvalue weighted by Crippen LogP contribution is -2.18. The van der Waals surface area contributed by atoms with Gasteiger partial charge in [-0.05, 0) is 75.1 Å². The van der Waals surface area contributed by atoms with Crippen molar-refractivity contribution in [2.24, 2.45) is 10.2 Å². The molecule has 0 radical (unpaired) electrons. The Labute approximate surface area is 221 Å². The Bertz CT molecular complexity index is 1490. The summed E-state index contributed by atoms with van der Waals surface area (Å²) in [5.41, 5.74) is 12.1. The highest BCUT2D eigenvalue weighted by Gasteiger charge is 2.40.